The number of rotatable bonds is 7. The molecule has 6 heteroatoms. The van der Waals surface area contributed by atoms with E-state index >= 15 is 0 Å². The maximum absolute atomic E-state index is 11.8. The molecule has 0 heterocycles. The zero-order chi connectivity index (χ0) is 11.2. The van der Waals surface area contributed by atoms with Gasteiger partial charge >= 0.3 is 0 Å². The molecule has 0 atom stereocenters. The van der Waals surface area contributed by atoms with Gasteiger partial charge in [0.15, 0.2) is 0 Å². The summed E-state index contributed by atoms with van der Waals surface area (Å²) >= 11 is 0. The van der Waals surface area contributed by atoms with Crippen molar-refractivity contribution in [1.29, 1.82) is 0 Å². The molecule has 0 saturated heterocycles. The number of hydrogen-bond donors (Lipinski definition) is 1. The first-order valence-electron chi connectivity index (χ1n) is 4.82. The van der Waals surface area contributed by atoms with Gasteiger partial charge < -0.3 is 5.11 Å². The van der Waals surface area contributed by atoms with Gasteiger partial charge in [-0.15, -0.1) is 0 Å². The fraction of sp³-hybridized carbons (Fsp3) is 1.00. The summed E-state index contributed by atoms with van der Waals surface area (Å²) in [4.78, 5) is 0. The first-order chi connectivity index (χ1) is 6.50. The molecule has 0 saturated carbocycles. The Kier molecular flexibility index (Phi) is 6.26. The van der Waals surface area contributed by atoms with E-state index in [9.17, 15) is 8.42 Å². The summed E-state index contributed by atoms with van der Waals surface area (Å²) in [6.07, 6.45) is 0.747. The van der Waals surface area contributed by atoms with Gasteiger partial charge in [0.05, 0.1) is 6.61 Å². The van der Waals surface area contributed by atoms with Crippen molar-refractivity contribution in [2.24, 2.45) is 0 Å². The largest absolute Gasteiger partial charge is 0.395 e. The Morgan fingerprint density at radius 2 is 1.79 bits per heavy atom. The molecular weight excluding hydrogens is 204 g/mol. The fourth-order valence-corrected chi connectivity index (χ4v) is 2.51. The van der Waals surface area contributed by atoms with E-state index in [-0.39, 0.29) is 13.2 Å². The van der Waals surface area contributed by atoms with Crippen LogP contribution in [0.3, 0.4) is 0 Å². The molecule has 0 aromatic rings. The van der Waals surface area contributed by atoms with Crippen LogP contribution in [-0.4, -0.2) is 55.4 Å². The van der Waals surface area contributed by atoms with Crippen LogP contribution in [0.15, 0.2) is 0 Å². The standard InChI is InChI=1S/C8H20N2O3S/c1-4-6-10(7-8-11)14(12,13)9(3)5-2/h11H,4-8H2,1-3H3. The van der Waals surface area contributed by atoms with Gasteiger partial charge in [0, 0.05) is 26.7 Å². The molecule has 0 aliphatic rings. The Bertz CT molecular complexity index is 235. The Hall–Kier alpha value is -0.170. The van der Waals surface area contributed by atoms with E-state index in [1.165, 1.54) is 15.7 Å². The molecule has 0 aliphatic carbocycles. The molecule has 14 heavy (non-hydrogen) atoms. The van der Waals surface area contributed by atoms with Gasteiger partial charge in [-0.2, -0.15) is 17.0 Å². The number of hydrogen-bond acceptors (Lipinski definition) is 3. The molecule has 86 valence electrons. The van der Waals surface area contributed by atoms with E-state index in [1.807, 2.05) is 6.92 Å². The molecule has 1 N–H and O–H groups in total. The molecule has 5 nitrogen and oxygen atoms in total. The third-order valence-electron chi connectivity index (χ3n) is 1.99. The number of aliphatic hydroxyl groups excluding tert-OH is 1. The molecular formula is C8H20N2O3S. The zero-order valence-corrected chi connectivity index (χ0v) is 9.92. The normalized spacial score (nSPS) is 12.7. The van der Waals surface area contributed by atoms with Gasteiger partial charge in [0.25, 0.3) is 10.2 Å². The summed E-state index contributed by atoms with van der Waals surface area (Å²) in [5, 5.41) is 8.76. The maximum atomic E-state index is 11.8. The number of aliphatic hydroxyl groups is 1. The fourth-order valence-electron chi connectivity index (χ4n) is 1.06. The van der Waals surface area contributed by atoms with Crippen LogP contribution in [0.25, 0.3) is 0 Å². The second-order valence-corrected chi connectivity index (χ2v) is 5.08. The van der Waals surface area contributed by atoms with Gasteiger partial charge in [0.2, 0.25) is 0 Å². The molecule has 0 bridgehead atoms. The molecule has 0 fully saturated rings. The SMILES string of the molecule is CCCN(CCO)S(=O)(=O)N(C)CC. The van der Waals surface area contributed by atoms with Crippen LogP contribution < -0.4 is 0 Å². The van der Waals surface area contributed by atoms with Crippen LogP contribution in [0.1, 0.15) is 20.3 Å². The minimum atomic E-state index is -3.37. The monoisotopic (exact) mass is 224 g/mol. The van der Waals surface area contributed by atoms with E-state index in [1.54, 1.807) is 6.92 Å². The van der Waals surface area contributed by atoms with Crippen molar-refractivity contribution in [1.82, 2.24) is 8.61 Å². The second-order valence-electron chi connectivity index (χ2n) is 3.04. The Balaban J connectivity index is 4.62. The molecule has 0 aromatic carbocycles. The maximum Gasteiger partial charge on any atom is 0.281 e. The predicted molar refractivity (Wildman–Crippen MR) is 56.2 cm³/mol. The van der Waals surface area contributed by atoms with Crippen molar-refractivity contribution in [3.05, 3.63) is 0 Å². The molecule has 0 aromatic heterocycles. The smallest absolute Gasteiger partial charge is 0.281 e. The highest BCUT2D eigenvalue weighted by molar-refractivity contribution is 7.86. The van der Waals surface area contributed by atoms with Crippen molar-refractivity contribution in [3.8, 4) is 0 Å². The Morgan fingerprint density at radius 1 is 1.21 bits per heavy atom. The summed E-state index contributed by atoms with van der Waals surface area (Å²) in [5.41, 5.74) is 0. The van der Waals surface area contributed by atoms with Crippen LogP contribution in [-0.2, 0) is 10.2 Å². The summed E-state index contributed by atoms with van der Waals surface area (Å²) in [5.74, 6) is 0. The molecule has 0 rings (SSSR count). The summed E-state index contributed by atoms with van der Waals surface area (Å²) in [6, 6.07) is 0. The lowest BCUT2D eigenvalue weighted by molar-refractivity contribution is 0.246. The van der Waals surface area contributed by atoms with Crippen molar-refractivity contribution in [3.63, 3.8) is 0 Å². The highest BCUT2D eigenvalue weighted by atomic mass is 32.2. The zero-order valence-electron chi connectivity index (χ0n) is 9.10. The average molecular weight is 224 g/mol. The highest BCUT2D eigenvalue weighted by Crippen LogP contribution is 2.06. The third-order valence-corrected chi connectivity index (χ3v) is 4.05. The van der Waals surface area contributed by atoms with Crippen molar-refractivity contribution in [2.75, 3.05) is 33.3 Å². The molecule has 0 spiro atoms. The minimum Gasteiger partial charge on any atom is -0.395 e. The van der Waals surface area contributed by atoms with E-state index in [2.05, 4.69) is 0 Å². The van der Waals surface area contributed by atoms with E-state index < -0.39 is 10.2 Å². The van der Waals surface area contributed by atoms with Gasteiger partial charge in [-0.05, 0) is 6.42 Å². The van der Waals surface area contributed by atoms with E-state index in [4.69, 9.17) is 5.11 Å². The van der Waals surface area contributed by atoms with Crippen molar-refractivity contribution >= 4 is 10.2 Å². The molecule has 0 aliphatic heterocycles. The predicted octanol–water partition coefficient (Wildman–Crippen LogP) is -0.113. The van der Waals surface area contributed by atoms with Gasteiger partial charge in [0.1, 0.15) is 0 Å². The lowest BCUT2D eigenvalue weighted by atomic mass is 10.5. The summed E-state index contributed by atoms with van der Waals surface area (Å²) < 4.78 is 26.1. The van der Waals surface area contributed by atoms with Gasteiger partial charge in [-0.1, -0.05) is 13.8 Å². The van der Waals surface area contributed by atoms with Crippen LogP contribution >= 0.6 is 0 Å². The summed E-state index contributed by atoms with van der Waals surface area (Å²) in [6.45, 7) is 4.60. The van der Waals surface area contributed by atoms with E-state index in [0.29, 0.717) is 13.1 Å². The first-order valence-corrected chi connectivity index (χ1v) is 6.22. The van der Waals surface area contributed by atoms with Crippen molar-refractivity contribution in [2.45, 2.75) is 20.3 Å². The van der Waals surface area contributed by atoms with Crippen LogP contribution in [0.5, 0.6) is 0 Å². The first kappa shape index (κ1) is 13.8. The second kappa shape index (κ2) is 6.34. The molecule has 0 amide bonds. The average Bonchev–Trinajstić information content (AvgIpc) is 2.16. The lowest BCUT2D eigenvalue weighted by Crippen LogP contribution is -2.43. The van der Waals surface area contributed by atoms with Crippen LogP contribution in [0.2, 0.25) is 0 Å². The Morgan fingerprint density at radius 3 is 2.14 bits per heavy atom. The minimum absolute atomic E-state index is 0.142. The quantitative estimate of drug-likeness (QED) is 0.656. The number of nitrogens with zero attached hydrogens (tertiary/aromatic N) is 2. The lowest BCUT2D eigenvalue weighted by Gasteiger charge is -2.25. The highest BCUT2D eigenvalue weighted by Gasteiger charge is 2.24. The third kappa shape index (κ3) is 3.53. The van der Waals surface area contributed by atoms with Crippen LogP contribution in [0, 0.1) is 0 Å². The van der Waals surface area contributed by atoms with Crippen LogP contribution in [0.4, 0.5) is 0 Å². The van der Waals surface area contributed by atoms with Gasteiger partial charge in [-0.3, -0.25) is 0 Å². The molecule has 0 radical (unpaired) electrons. The summed E-state index contributed by atoms with van der Waals surface area (Å²) in [7, 11) is -1.83. The van der Waals surface area contributed by atoms with E-state index in [0.717, 1.165) is 6.42 Å². The van der Waals surface area contributed by atoms with Crippen molar-refractivity contribution < 1.29 is 13.5 Å². The molecule has 0 unspecified atom stereocenters. The van der Waals surface area contributed by atoms with Gasteiger partial charge in [-0.25, -0.2) is 0 Å². The Labute approximate surface area is 86.5 Å². The topological polar surface area (TPSA) is 60.9 Å².